The highest BCUT2D eigenvalue weighted by Crippen LogP contribution is 2.19. The van der Waals surface area contributed by atoms with Crippen LogP contribution in [0, 0.1) is 0 Å². The minimum atomic E-state index is -0.403. The molecule has 1 atom stereocenters. The molecule has 25 heavy (non-hydrogen) atoms. The van der Waals surface area contributed by atoms with Gasteiger partial charge in [0.15, 0.2) is 0 Å². The van der Waals surface area contributed by atoms with E-state index in [1.807, 2.05) is 52.4 Å². The highest BCUT2D eigenvalue weighted by molar-refractivity contribution is 6.38. The molecule has 0 spiro atoms. The maximum atomic E-state index is 5.74. The Morgan fingerprint density at radius 3 is 2.16 bits per heavy atom. The average molecular weight is 367 g/mol. The van der Waals surface area contributed by atoms with E-state index in [1.54, 1.807) is 0 Å². The number of aliphatic imine (C=N–C) groups is 1. The molecule has 4 nitrogen and oxygen atoms in total. The molecular weight excluding hydrogens is 328 g/mol. The van der Waals surface area contributed by atoms with E-state index in [0.717, 1.165) is 31.7 Å². The summed E-state index contributed by atoms with van der Waals surface area (Å²) in [7, 11) is 3.35. The van der Waals surface area contributed by atoms with Gasteiger partial charge in [0.1, 0.15) is 5.91 Å². The molecule has 0 bridgehead atoms. The lowest BCUT2D eigenvalue weighted by Gasteiger charge is -2.22. The monoisotopic (exact) mass is 366 g/mol. The second kappa shape index (κ2) is 17.8. The standard InChI is InChI=1S/C18H31NO2Si.C2H7N/c1-4-10-17(22-18(20-5-2)21-6-3)13-14-19-15-16-11-8-7-9-12-16;1-3-2/h7-9,11-12,15,17-18H,4-6,10,13-14,22H2,1-3H3;3H,1-2H3. The summed E-state index contributed by atoms with van der Waals surface area (Å²) in [6.45, 7) is 8.71. The lowest BCUT2D eigenvalue weighted by Crippen LogP contribution is -2.28. The van der Waals surface area contributed by atoms with E-state index in [1.165, 1.54) is 18.4 Å². The largest absolute Gasteiger partial charge is 0.357 e. The van der Waals surface area contributed by atoms with Gasteiger partial charge in [0.25, 0.3) is 0 Å². The Kier molecular flexibility index (Phi) is 17.1. The van der Waals surface area contributed by atoms with Gasteiger partial charge in [-0.1, -0.05) is 50.1 Å². The first kappa shape index (κ1) is 24.0. The molecule has 144 valence electrons. The molecule has 0 saturated carbocycles. The van der Waals surface area contributed by atoms with Crippen LogP contribution >= 0.6 is 0 Å². The third-order valence-corrected chi connectivity index (χ3v) is 5.97. The molecule has 0 fully saturated rings. The smallest absolute Gasteiger partial charge is 0.135 e. The summed E-state index contributed by atoms with van der Waals surface area (Å²) in [6, 6.07) is 10.3. The van der Waals surface area contributed by atoms with Crippen LogP contribution in [0.1, 0.15) is 45.6 Å². The van der Waals surface area contributed by atoms with Crippen molar-refractivity contribution in [3.63, 3.8) is 0 Å². The Balaban J connectivity index is 0.00000178. The minimum absolute atomic E-state index is 0.0738. The predicted octanol–water partition coefficient (Wildman–Crippen LogP) is 3.45. The Bertz CT molecular complexity index is 409. The van der Waals surface area contributed by atoms with Gasteiger partial charge in [-0.25, -0.2) is 0 Å². The maximum absolute atomic E-state index is 5.74. The van der Waals surface area contributed by atoms with Gasteiger partial charge < -0.3 is 14.8 Å². The second-order valence-corrected chi connectivity index (χ2v) is 8.26. The summed E-state index contributed by atoms with van der Waals surface area (Å²) >= 11 is 0. The van der Waals surface area contributed by atoms with E-state index < -0.39 is 9.52 Å². The number of hydrogen-bond donors (Lipinski definition) is 1. The summed E-state index contributed by atoms with van der Waals surface area (Å²) in [4.78, 5) is 4.58. The van der Waals surface area contributed by atoms with Crippen LogP contribution < -0.4 is 5.32 Å². The molecule has 1 unspecified atom stereocenters. The summed E-state index contributed by atoms with van der Waals surface area (Å²) in [6.07, 6.45) is 5.63. The lowest BCUT2D eigenvalue weighted by molar-refractivity contribution is -0.0835. The number of nitrogens with zero attached hydrogens (tertiary/aromatic N) is 1. The predicted molar refractivity (Wildman–Crippen MR) is 113 cm³/mol. The van der Waals surface area contributed by atoms with Crippen LogP contribution in [0.5, 0.6) is 0 Å². The van der Waals surface area contributed by atoms with Gasteiger partial charge in [-0.15, -0.1) is 0 Å². The summed E-state index contributed by atoms with van der Waals surface area (Å²) < 4.78 is 11.5. The van der Waals surface area contributed by atoms with Gasteiger partial charge in [-0.2, -0.15) is 0 Å². The molecular formula is C20H38N2O2Si. The molecule has 0 aliphatic heterocycles. The highest BCUT2D eigenvalue weighted by Gasteiger charge is 2.17. The van der Waals surface area contributed by atoms with Crippen molar-refractivity contribution in [2.45, 2.75) is 51.5 Å². The number of benzene rings is 1. The average Bonchev–Trinajstić information content (AvgIpc) is 2.61. The number of nitrogens with one attached hydrogen (secondary N) is 1. The van der Waals surface area contributed by atoms with Gasteiger partial charge in [0.2, 0.25) is 0 Å². The summed E-state index contributed by atoms with van der Waals surface area (Å²) in [5, 5.41) is 2.75. The zero-order valence-electron chi connectivity index (χ0n) is 16.8. The van der Waals surface area contributed by atoms with E-state index in [9.17, 15) is 0 Å². The van der Waals surface area contributed by atoms with E-state index in [-0.39, 0.29) is 5.91 Å². The molecule has 1 rings (SSSR count). The molecule has 0 aliphatic rings. The molecule has 0 heterocycles. The van der Waals surface area contributed by atoms with Crippen molar-refractivity contribution in [3.05, 3.63) is 35.9 Å². The third kappa shape index (κ3) is 13.9. The minimum Gasteiger partial charge on any atom is -0.357 e. The van der Waals surface area contributed by atoms with Crippen molar-refractivity contribution >= 4 is 15.7 Å². The van der Waals surface area contributed by atoms with Crippen LogP contribution in [0.15, 0.2) is 35.3 Å². The van der Waals surface area contributed by atoms with Crippen LogP contribution in [0.3, 0.4) is 0 Å². The van der Waals surface area contributed by atoms with Crippen LogP contribution in [0.4, 0.5) is 0 Å². The number of ether oxygens (including phenoxy) is 2. The normalized spacial score (nSPS) is 12.7. The Hall–Kier alpha value is -1.01. The zero-order valence-corrected chi connectivity index (χ0v) is 18.2. The molecule has 0 aromatic heterocycles. The highest BCUT2D eigenvalue weighted by atomic mass is 28.2. The Morgan fingerprint density at radius 2 is 1.64 bits per heavy atom. The first-order valence-corrected chi connectivity index (χ1v) is 11.2. The molecule has 5 heteroatoms. The van der Waals surface area contributed by atoms with Crippen molar-refractivity contribution in [2.75, 3.05) is 33.9 Å². The Morgan fingerprint density at radius 1 is 1.04 bits per heavy atom. The van der Waals surface area contributed by atoms with Crippen LogP contribution in [-0.4, -0.2) is 55.5 Å². The SMILES string of the molecule is CCCC(CCN=Cc1ccccc1)[SiH2]C(OCC)OCC.CNC. The van der Waals surface area contributed by atoms with Crippen molar-refractivity contribution in [3.8, 4) is 0 Å². The van der Waals surface area contributed by atoms with Gasteiger partial charge in [0.05, 0.1) is 9.52 Å². The third-order valence-electron chi connectivity index (χ3n) is 3.63. The van der Waals surface area contributed by atoms with Crippen molar-refractivity contribution in [1.29, 1.82) is 0 Å². The lowest BCUT2D eigenvalue weighted by atomic mass is 10.2. The van der Waals surface area contributed by atoms with Crippen molar-refractivity contribution in [2.24, 2.45) is 4.99 Å². The van der Waals surface area contributed by atoms with Gasteiger partial charge in [-0.05, 0) is 45.5 Å². The topological polar surface area (TPSA) is 42.9 Å². The molecule has 0 saturated heterocycles. The summed E-state index contributed by atoms with van der Waals surface area (Å²) in [5.41, 5.74) is 1.93. The molecule has 0 amide bonds. The fourth-order valence-electron chi connectivity index (χ4n) is 2.58. The quantitative estimate of drug-likeness (QED) is 0.350. The number of rotatable bonds is 12. The molecule has 1 aromatic rings. The van der Waals surface area contributed by atoms with Crippen molar-refractivity contribution < 1.29 is 9.47 Å². The molecule has 0 aliphatic carbocycles. The van der Waals surface area contributed by atoms with E-state index in [2.05, 4.69) is 29.4 Å². The van der Waals surface area contributed by atoms with Crippen LogP contribution in [0.25, 0.3) is 0 Å². The first-order valence-electron chi connectivity index (χ1n) is 9.58. The molecule has 1 aromatic carbocycles. The molecule has 1 N–H and O–H groups in total. The van der Waals surface area contributed by atoms with E-state index in [4.69, 9.17) is 9.47 Å². The Labute approximate surface area is 157 Å². The van der Waals surface area contributed by atoms with E-state index >= 15 is 0 Å². The first-order chi connectivity index (χ1) is 12.2. The van der Waals surface area contributed by atoms with Gasteiger partial charge in [0, 0.05) is 26.0 Å². The maximum Gasteiger partial charge on any atom is 0.135 e. The van der Waals surface area contributed by atoms with Crippen molar-refractivity contribution in [1.82, 2.24) is 5.32 Å². The molecule has 0 radical (unpaired) electrons. The second-order valence-electron chi connectivity index (χ2n) is 5.97. The van der Waals surface area contributed by atoms with Gasteiger partial charge in [-0.3, -0.25) is 4.99 Å². The summed E-state index contributed by atoms with van der Waals surface area (Å²) in [5.74, 6) is 0.0738. The fourth-order valence-corrected chi connectivity index (χ4v) is 4.93. The van der Waals surface area contributed by atoms with Gasteiger partial charge >= 0.3 is 0 Å². The fraction of sp³-hybridized carbons (Fsp3) is 0.650. The van der Waals surface area contributed by atoms with Crippen LogP contribution in [0.2, 0.25) is 5.54 Å². The van der Waals surface area contributed by atoms with E-state index in [0.29, 0.717) is 0 Å². The van der Waals surface area contributed by atoms with Crippen LogP contribution in [-0.2, 0) is 9.47 Å². The number of hydrogen-bond acceptors (Lipinski definition) is 4. The zero-order chi connectivity index (χ0) is 18.8.